The molecule has 1 atom stereocenters. The van der Waals surface area contributed by atoms with Crippen molar-refractivity contribution in [3.05, 3.63) is 0 Å². The second-order valence-electron chi connectivity index (χ2n) is 6.93. The lowest BCUT2D eigenvalue weighted by Crippen LogP contribution is -2.47. The number of nitrogens with one attached hydrogen (secondary N) is 2. The highest BCUT2D eigenvalue weighted by atomic mass is 16.5. The van der Waals surface area contributed by atoms with Crippen LogP contribution in [-0.2, 0) is 4.74 Å². The van der Waals surface area contributed by atoms with E-state index in [0.29, 0.717) is 11.3 Å². The lowest BCUT2D eigenvalue weighted by atomic mass is 9.67. The van der Waals surface area contributed by atoms with Gasteiger partial charge in [0.1, 0.15) is 0 Å². The molecular formula is C16H31N3O2. The summed E-state index contributed by atoms with van der Waals surface area (Å²) in [6, 6.07) is -0.00748. The van der Waals surface area contributed by atoms with E-state index in [0.717, 1.165) is 32.7 Å². The van der Waals surface area contributed by atoms with Crippen LogP contribution in [-0.4, -0.2) is 57.9 Å². The summed E-state index contributed by atoms with van der Waals surface area (Å²) in [7, 11) is 3.90. The second-order valence-corrected chi connectivity index (χ2v) is 6.93. The van der Waals surface area contributed by atoms with E-state index in [1.165, 1.54) is 38.6 Å². The molecule has 2 aliphatic rings. The lowest BCUT2D eigenvalue weighted by molar-refractivity contribution is 0.0711. The molecule has 0 bridgehead atoms. The van der Waals surface area contributed by atoms with Gasteiger partial charge in [-0.15, -0.1) is 0 Å². The zero-order valence-electron chi connectivity index (χ0n) is 13.6. The van der Waals surface area contributed by atoms with Gasteiger partial charge < -0.3 is 20.3 Å². The van der Waals surface area contributed by atoms with Crippen LogP contribution in [0.1, 0.15) is 38.5 Å². The quantitative estimate of drug-likeness (QED) is 0.754. The van der Waals surface area contributed by atoms with Crippen molar-refractivity contribution in [2.45, 2.75) is 38.5 Å². The van der Waals surface area contributed by atoms with Gasteiger partial charge in [0, 0.05) is 33.4 Å². The number of urea groups is 1. The monoisotopic (exact) mass is 297 g/mol. The van der Waals surface area contributed by atoms with Gasteiger partial charge >= 0.3 is 6.03 Å². The summed E-state index contributed by atoms with van der Waals surface area (Å²) in [5.41, 5.74) is 0.290. The van der Waals surface area contributed by atoms with E-state index >= 15 is 0 Å². The first-order valence-corrected chi connectivity index (χ1v) is 8.33. The fourth-order valence-electron chi connectivity index (χ4n) is 3.52. The molecule has 1 heterocycles. The van der Waals surface area contributed by atoms with Crippen LogP contribution < -0.4 is 10.6 Å². The van der Waals surface area contributed by atoms with Crippen LogP contribution in [0.3, 0.4) is 0 Å². The Morgan fingerprint density at radius 2 is 2.14 bits per heavy atom. The molecule has 0 aromatic rings. The molecule has 1 saturated carbocycles. The number of carbonyl (C=O) groups is 1. The molecule has 1 unspecified atom stereocenters. The van der Waals surface area contributed by atoms with Crippen LogP contribution in [0.2, 0.25) is 0 Å². The van der Waals surface area contributed by atoms with Gasteiger partial charge in [0.25, 0.3) is 0 Å². The average molecular weight is 297 g/mol. The largest absolute Gasteiger partial charge is 0.385 e. The van der Waals surface area contributed by atoms with E-state index in [2.05, 4.69) is 22.6 Å². The molecular weight excluding hydrogens is 266 g/mol. The Kier molecular flexibility index (Phi) is 6.30. The van der Waals surface area contributed by atoms with E-state index in [1.54, 1.807) is 7.11 Å². The molecule has 2 N–H and O–H groups in total. The zero-order valence-corrected chi connectivity index (χ0v) is 13.6. The van der Waals surface area contributed by atoms with Gasteiger partial charge in [0.2, 0.25) is 0 Å². The second kappa shape index (κ2) is 7.99. The molecule has 5 heteroatoms. The number of methoxy groups -OCH3 is 1. The summed E-state index contributed by atoms with van der Waals surface area (Å²) >= 11 is 0. The van der Waals surface area contributed by atoms with Gasteiger partial charge in [-0.2, -0.15) is 0 Å². The summed E-state index contributed by atoms with van der Waals surface area (Å²) in [6.07, 6.45) is 7.22. The summed E-state index contributed by atoms with van der Waals surface area (Å²) in [6.45, 7) is 4.65. The smallest absolute Gasteiger partial charge is 0.314 e. The molecule has 1 saturated heterocycles. The Balaban J connectivity index is 1.62. The van der Waals surface area contributed by atoms with Gasteiger partial charge in [-0.1, -0.05) is 6.42 Å². The summed E-state index contributed by atoms with van der Waals surface area (Å²) in [4.78, 5) is 14.3. The van der Waals surface area contributed by atoms with Gasteiger partial charge in [-0.25, -0.2) is 4.79 Å². The number of piperidine rings is 1. The number of rotatable bonds is 7. The Hall–Kier alpha value is -0.810. The van der Waals surface area contributed by atoms with E-state index in [-0.39, 0.29) is 6.03 Å². The molecule has 0 aromatic heterocycles. The van der Waals surface area contributed by atoms with Crippen LogP contribution >= 0.6 is 0 Å². The highest BCUT2D eigenvalue weighted by Crippen LogP contribution is 2.43. The third-order valence-corrected chi connectivity index (χ3v) is 5.15. The predicted octanol–water partition coefficient (Wildman–Crippen LogP) is 1.83. The van der Waals surface area contributed by atoms with Crippen molar-refractivity contribution in [1.82, 2.24) is 15.5 Å². The number of hydrogen-bond acceptors (Lipinski definition) is 3. The van der Waals surface area contributed by atoms with Gasteiger partial charge in [0.15, 0.2) is 0 Å². The van der Waals surface area contributed by atoms with Crippen molar-refractivity contribution in [2.24, 2.45) is 11.3 Å². The zero-order chi connectivity index (χ0) is 15.1. The van der Waals surface area contributed by atoms with E-state index < -0.39 is 0 Å². The topological polar surface area (TPSA) is 53.6 Å². The first-order valence-electron chi connectivity index (χ1n) is 8.33. The van der Waals surface area contributed by atoms with Crippen LogP contribution in [0, 0.1) is 11.3 Å². The third kappa shape index (κ3) is 5.15. The van der Waals surface area contributed by atoms with Gasteiger partial charge in [-0.05, 0) is 57.0 Å². The fraction of sp³-hybridized carbons (Fsp3) is 0.938. The first-order chi connectivity index (χ1) is 10.1. The number of carbonyl (C=O) groups excluding carboxylic acids is 1. The maximum Gasteiger partial charge on any atom is 0.314 e. The minimum Gasteiger partial charge on any atom is -0.385 e. The highest BCUT2D eigenvalue weighted by Gasteiger charge is 2.36. The molecule has 0 radical (unpaired) electrons. The maximum atomic E-state index is 12.0. The Bertz CT molecular complexity index is 331. The molecule has 1 aliphatic heterocycles. The molecule has 0 aromatic carbocycles. The Morgan fingerprint density at radius 1 is 1.33 bits per heavy atom. The maximum absolute atomic E-state index is 12.0. The Morgan fingerprint density at radius 3 is 2.76 bits per heavy atom. The molecule has 21 heavy (non-hydrogen) atoms. The number of ether oxygens (including phenoxy) is 1. The third-order valence-electron chi connectivity index (χ3n) is 5.15. The first kappa shape index (κ1) is 16.6. The summed E-state index contributed by atoms with van der Waals surface area (Å²) in [5.74, 6) is 0.598. The van der Waals surface area contributed by atoms with Gasteiger partial charge in [0.05, 0.1) is 0 Å². The average Bonchev–Trinajstić information content (AvgIpc) is 2.44. The minimum absolute atomic E-state index is 0.00748. The van der Waals surface area contributed by atoms with Crippen molar-refractivity contribution in [3.8, 4) is 0 Å². The number of hydrogen-bond donors (Lipinski definition) is 2. The van der Waals surface area contributed by atoms with Crippen molar-refractivity contribution < 1.29 is 9.53 Å². The highest BCUT2D eigenvalue weighted by molar-refractivity contribution is 5.73. The minimum atomic E-state index is -0.00748. The molecule has 122 valence electrons. The Labute approximate surface area is 128 Å². The normalized spacial score (nSPS) is 25.1. The van der Waals surface area contributed by atoms with Crippen molar-refractivity contribution in [3.63, 3.8) is 0 Å². The summed E-state index contributed by atoms with van der Waals surface area (Å²) < 4.78 is 5.18. The van der Waals surface area contributed by atoms with Crippen LogP contribution in [0.15, 0.2) is 0 Å². The number of amides is 2. The molecule has 2 fully saturated rings. The van der Waals surface area contributed by atoms with Crippen molar-refractivity contribution >= 4 is 6.03 Å². The molecule has 2 amide bonds. The number of nitrogens with zero attached hydrogens (tertiary/aromatic N) is 1. The van der Waals surface area contributed by atoms with Crippen LogP contribution in [0.4, 0.5) is 4.79 Å². The fourth-order valence-corrected chi connectivity index (χ4v) is 3.52. The van der Waals surface area contributed by atoms with Crippen molar-refractivity contribution in [2.75, 3.05) is 46.9 Å². The lowest BCUT2D eigenvalue weighted by Gasteiger charge is -2.42. The van der Waals surface area contributed by atoms with Gasteiger partial charge in [-0.3, -0.25) is 0 Å². The number of likely N-dealkylation sites (tertiary alicyclic amines) is 1. The van der Waals surface area contributed by atoms with Crippen molar-refractivity contribution in [1.29, 1.82) is 0 Å². The van der Waals surface area contributed by atoms with E-state index in [1.807, 2.05) is 0 Å². The standard InChI is InChI=1S/C16H31N3O2/c1-19-9-3-5-14(12-19)11-17-15(20)18-13-16(6-4-7-16)8-10-21-2/h14H,3-13H2,1-2H3,(H2,17,18,20). The molecule has 2 rings (SSSR count). The predicted molar refractivity (Wildman–Crippen MR) is 84.4 cm³/mol. The molecule has 1 aliphatic carbocycles. The summed E-state index contributed by atoms with van der Waals surface area (Å²) in [5, 5.41) is 6.11. The van der Waals surface area contributed by atoms with E-state index in [9.17, 15) is 4.79 Å². The SMILES string of the molecule is COCCC1(CNC(=O)NCC2CCCN(C)C2)CCC1. The van der Waals surface area contributed by atoms with Crippen LogP contribution in [0.25, 0.3) is 0 Å². The molecule has 0 spiro atoms. The van der Waals surface area contributed by atoms with Crippen LogP contribution in [0.5, 0.6) is 0 Å². The molecule has 5 nitrogen and oxygen atoms in total. The van der Waals surface area contributed by atoms with E-state index in [4.69, 9.17) is 4.74 Å².